The lowest BCUT2D eigenvalue weighted by molar-refractivity contribution is -0.118. The largest absolute Gasteiger partial charge is 0.484 e. The molecule has 0 aliphatic rings. The number of ether oxygens (including phenoxy) is 2. The first-order valence-corrected chi connectivity index (χ1v) is 8.56. The molecule has 0 atom stereocenters. The molecule has 0 saturated carbocycles. The van der Waals surface area contributed by atoms with E-state index in [2.05, 4.69) is 5.32 Å². The van der Waals surface area contributed by atoms with Crippen LogP contribution in [0.1, 0.15) is 0 Å². The van der Waals surface area contributed by atoms with Gasteiger partial charge in [-0.15, -0.1) is 0 Å². The molecule has 0 aromatic heterocycles. The number of hydrogen-bond acceptors (Lipinski definition) is 3. The van der Waals surface area contributed by atoms with Crippen LogP contribution in [-0.2, 0) is 4.79 Å². The number of rotatable bonds is 6. The highest BCUT2D eigenvalue weighted by Gasteiger charge is 2.07. The van der Waals surface area contributed by atoms with Gasteiger partial charge in [0.15, 0.2) is 6.61 Å². The lowest BCUT2D eigenvalue weighted by Crippen LogP contribution is -2.20. The van der Waals surface area contributed by atoms with E-state index in [1.54, 1.807) is 36.4 Å². The maximum absolute atomic E-state index is 12.0. The summed E-state index contributed by atoms with van der Waals surface area (Å²) in [6.07, 6.45) is 0. The Balaban J connectivity index is 1.56. The van der Waals surface area contributed by atoms with Crippen molar-refractivity contribution in [2.75, 3.05) is 11.9 Å². The molecule has 0 spiro atoms. The molecule has 0 aliphatic carbocycles. The summed E-state index contributed by atoms with van der Waals surface area (Å²) >= 11 is 11.8. The van der Waals surface area contributed by atoms with Crippen LogP contribution in [-0.4, -0.2) is 12.5 Å². The van der Waals surface area contributed by atoms with Gasteiger partial charge in [0.05, 0.1) is 10.0 Å². The Bertz CT molecular complexity index is 901. The third kappa shape index (κ3) is 5.15. The molecule has 0 radical (unpaired) electrons. The molecule has 1 amide bonds. The molecule has 3 aromatic rings. The van der Waals surface area contributed by atoms with Crippen LogP contribution in [0, 0.1) is 0 Å². The van der Waals surface area contributed by atoms with Gasteiger partial charge in [0.2, 0.25) is 0 Å². The van der Waals surface area contributed by atoms with Crippen LogP contribution in [0.2, 0.25) is 10.0 Å². The number of carbonyl (C=O) groups excluding carboxylic acids is 1. The van der Waals surface area contributed by atoms with Gasteiger partial charge in [-0.25, -0.2) is 0 Å². The van der Waals surface area contributed by atoms with Crippen LogP contribution in [0.3, 0.4) is 0 Å². The van der Waals surface area contributed by atoms with Crippen molar-refractivity contribution in [3.05, 3.63) is 82.8 Å². The maximum atomic E-state index is 12.0. The molecule has 6 heteroatoms. The van der Waals surface area contributed by atoms with Crippen molar-refractivity contribution in [2.45, 2.75) is 0 Å². The van der Waals surface area contributed by atoms with Crippen molar-refractivity contribution >= 4 is 34.8 Å². The Morgan fingerprint density at radius 3 is 2.31 bits per heavy atom. The van der Waals surface area contributed by atoms with Crippen molar-refractivity contribution < 1.29 is 14.3 Å². The fourth-order valence-electron chi connectivity index (χ4n) is 2.17. The number of benzene rings is 3. The SMILES string of the molecule is O=C(COc1cccc(Oc2ccccc2)c1)Nc1ccc(Cl)c(Cl)c1. The normalized spacial score (nSPS) is 10.2. The van der Waals surface area contributed by atoms with E-state index in [9.17, 15) is 4.79 Å². The zero-order chi connectivity index (χ0) is 18.4. The Labute approximate surface area is 161 Å². The summed E-state index contributed by atoms with van der Waals surface area (Å²) in [6.45, 7) is -0.144. The van der Waals surface area contributed by atoms with Crippen LogP contribution in [0.25, 0.3) is 0 Å². The first kappa shape index (κ1) is 18.1. The molecule has 4 nitrogen and oxygen atoms in total. The summed E-state index contributed by atoms with van der Waals surface area (Å²) in [5.41, 5.74) is 0.550. The van der Waals surface area contributed by atoms with Crippen molar-refractivity contribution in [3.63, 3.8) is 0 Å². The second-order valence-corrected chi connectivity index (χ2v) is 6.17. The summed E-state index contributed by atoms with van der Waals surface area (Å²) in [7, 11) is 0. The molecule has 3 rings (SSSR count). The van der Waals surface area contributed by atoms with Gasteiger partial charge in [-0.2, -0.15) is 0 Å². The highest BCUT2D eigenvalue weighted by atomic mass is 35.5. The van der Waals surface area contributed by atoms with E-state index in [1.807, 2.05) is 36.4 Å². The molecule has 3 aromatic carbocycles. The Hall–Kier alpha value is -2.69. The van der Waals surface area contributed by atoms with Crippen LogP contribution < -0.4 is 14.8 Å². The van der Waals surface area contributed by atoms with Gasteiger partial charge >= 0.3 is 0 Å². The van der Waals surface area contributed by atoms with Crippen molar-refractivity contribution in [3.8, 4) is 17.2 Å². The summed E-state index contributed by atoms with van der Waals surface area (Å²) < 4.78 is 11.3. The summed E-state index contributed by atoms with van der Waals surface area (Å²) in [5.74, 6) is 1.57. The van der Waals surface area contributed by atoms with Crippen LogP contribution >= 0.6 is 23.2 Å². The topological polar surface area (TPSA) is 47.6 Å². The van der Waals surface area contributed by atoms with Gasteiger partial charge in [0.25, 0.3) is 5.91 Å². The molecule has 0 bridgehead atoms. The number of carbonyl (C=O) groups is 1. The monoisotopic (exact) mass is 387 g/mol. The van der Waals surface area contributed by atoms with Crippen molar-refractivity contribution in [1.29, 1.82) is 0 Å². The Morgan fingerprint density at radius 2 is 1.54 bits per heavy atom. The Kier molecular flexibility index (Phi) is 6.00. The molecule has 26 heavy (non-hydrogen) atoms. The molecular formula is C20H15Cl2NO3. The van der Waals surface area contributed by atoms with E-state index in [0.29, 0.717) is 27.2 Å². The number of amides is 1. The van der Waals surface area contributed by atoms with Gasteiger partial charge in [-0.3, -0.25) is 4.79 Å². The van der Waals surface area contributed by atoms with E-state index in [-0.39, 0.29) is 12.5 Å². The molecule has 0 saturated heterocycles. The van der Waals surface area contributed by atoms with Crippen molar-refractivity contribution in [2.24, 2.45) is 0 Å². The Morgan fingerprint density at radius 1 is 0.808 bits per heavy atom. The summed E-state index contributed by atoms with van der Waals surface area (Å²) in [4.78, 5) is 12.0. The number of nitrogens with one attached hydrogen (secondary N) is 1. The van der Waals surface area contributed by atoms with Gasteiger partial charge in [-0.05, 0) is 42.5 Å². The molecule has 132 valence electrons. The highest BCUT2D eigenvalue weighted by molar-refractivity contribution is 6.42. The summed E-state index contributed by atoms with van der Waals surface area (Å²) in [6, 6.07) is 21.4. The predicted octanol–water partition coefficient (Wildman–Crippen LogP) is 5.80. The standard InChI is InChI=1S/C20H15Cl2NO3/c21-18-10-9-14(11-19(18)22)23-20(24)13-25-16-7-4-8-17(12-16)26-15-5-2-1-3-6-15/h1-12H,13H2,(H,23,24). The lowest BCUT2D eigenvalue weighted by atomic mass is 10.3. The lowest BCUT2D eigenvalue weighted by Gasteiger charge is -2.10. The third-order valence-electron chi connectivity index (χ3n) is 3.36. The molecule has 0 fully saturated rings. The number of para-hydroxylation sites is 1. The van der Waals surface area contributed by atoms with Crippen LogP contribution in [0.5, 0.6) is 17.2 Å². The second kappa shape index (κ2) is 8.61. The van der Waals surface area contributed by atoms with Crippen molar-refractivity contribution in [1.82, 2.24) is 0 Å². The minimum absolute atomic E-state index is 0.144. The van der Waals surface area contributed by atoms with Gasteiger partial charge < -0.3 is 14.8 Å². The first-order chi connectivity index (χ1) is 12.6. The molecule has 0 unspecified atom stereocenters. The fourth-order valence-corrected chi connectivity index (χ4v) is 2.47. The van der Waals surface area contributed by atoms with Crippen LogP contribution in [0.15, 0.2) is 72.8 Å². The zero-order valence-electron chi connectivity index (χ0n) is 13.6. The molecule has 1 N–H and O–H groups in total. The minimum atomic E-state index is -0.308. The molecular weight excluding hydrogens is 373 g/mol. The van der Waals surface area contributed by atoms with Gasteiger partial charge in [-0.1, -0.05) is 47.5 Å². The number of anilines is 1. The average molecular weight is 388 g/mol. The van der Waals surface area contributed by atoms with E-state index < -0.39 is 0 Å². The number of halogens is 2. The highest BCUT2D eigenvalue weighted by Crippen LogP contribution is 2.26. The van der Waals surface area contributed by atoms with E-state index in [0.717, 1.165) is 5.75 Å². The van der Waals surface area contributed by atoms with E-state index in [4.69, 9.17) is 32.7 Å². The van der Waals surface area contributed by atoms with E-state index in [1.165, 1.54) is 0 Å². The average Bonchev–Trinajstić information content (AvgIpc) is 2.64. The van der Waals surface area contributed by atoms with Gasteiger partial charge in [0, 0.05) is 11.8 Å². The molecule has 0 heterocycles. The maximum Gasteiger partial charge on any atom is 0.262 e. The smallest absolute Gasteiger partial charge is 0.262 e. The predicted molar refractivity (Wildman–Crippen MR) is 104 cm³/mol. The quantitative estimate of drug-likeness (QED) is 0.580. The first-order valence-electron chi connectivity index (χ1n) is 7.81. The van der Waals surface area contributed by atoms with E-state index >= 15 is 0 Å². The second-order valence-electron chi connectivity index (χ2n) is 5.36. The minimum Gasteiger partial charge on any atom is -0.484 e. The zero-order valence-corrected chi connectivity index (χ0v) is 15.1. The van der Waals surface area contributed by atoms with Crippen LogP contribution in [0.4, 0.5) is 5.69 Å². The fraction of sp³-hybridized carbons (Fsp3) is 0.0500. The molecule has 0 aliphatic heterocycles. The van der Waals surface area contributed by atoms with Gasteiger partial charge in [0.1, 0.15) is 17.2 Å². The summed E-state index contributed by atoms with van der Waals surface area (Å²) in [5, 5.41) is 3.49. The number of hydrogen-bond donors (Lipinski definition) is 1. The third-order valence-corrected chi connectivity index (χ3v) is 4.10.